The highest BCUT2D eigenvalue weighted by Crippen LogP contribution is 2.19. The second kappa shape index (κ2) is 6.13. The molecule has 2 rings (SSSR count). The van der Waals surface area contributed by atoms with Gasteiger partial charge >= 0.3 is 0 Å². The number of aromatic nitrogens is 2. The number of aryl methyl sites for hydroxylation is 1. The minimum Gasteiger partial charge on any atom is -0.347 e. The molecular formula is C13H15F2N3OS. The molecule has 1 N–H and O–H groups in total. The van der Waals surface area contributed by atoms with Crippen LogP contribution in [0, 0.1) is 6.92 Å². The van der Waals surface area contributed by atoms with Crippen molar-refractivity contribution < 1.29 is 13.6 Å². The summed E-state index contributed by atoms with van der Waals surface area (Å²) in [5, 5.41) is 8.48. The van der Waals surface area contributed by atoms with E-state index in [2.05, 4.69) is 10.4 Å². The van der Waals surface area contributed by atoms with Gasteiger partial charge in [-0.25, -0.2) is 8.78 Å². The fourth-order valence-corrected chi connectivity index (χ4v) is 2.57. The van der Waals surface area contributed by atoms with E-state index in [1.807, 2.05) is 24.4 Å². The lowest BCUT2D eigenvalue weighted by molar-refractivity contribution is -0.122. The first-order valence-electron chi connectivity index (χ1n) is 6.12. The predicted molar refractivity (Wildman–Crippen MR) is 72.8 cm³/mol. The highest BCUT2D eigenvalue weighted by atomic mass is 32.1. The Labute approximate surface area is 119 Å². The maximum Gasteiger partial charge on any atom is 0.282 e. The topological polar surface area (TPSA) is 46.9 Å². The standard InChI is InChI=1S/C13H15F2N3OS/c1-8-6-10(13(14)15)17-18(8)7-12(19)16-9(2)11-4-3-5-20-11/h3-6,9,13H,7H2,1-2H3,(H,16,19). The molecule has 0 fully saturated rings. The first-order valence-corrected chi connectivity index (χ1v) is 7.00. The Morgan fingerprint density at radius 2 is 2.30 bits per heavy atom. The van der Waals surface area contributed by atoms with Crippen molar-refractivity contribution in [3.63, 3.8) is 0 Å². The predicted octanol–water partition coefficient (Wildman–Crippen LogP) is 3.07. The Morgan fingerprint density at radius 3 is 2.85 bits per heavy atom. The fourth-order valence-electron chi connectivity index (χ4n) is 1.83. The molecule has 0 saturated heterocycles. The highest BCUT2D eigenvalue weighted by molar-refractivity contribution is 7.10. The van der Waals surface area contributed by atoms with Crippen molar-refractivity contribution in [3.8, 4) is 0 Å². The maximum atomic E-state index is 12.5. The minimum atomic E-state index is -2.62. The summed E-state index contributed by atoms with van der Waals surface area (Å²) in [5.74, 6) is -0.252. The molecule has 1 amide bonds. The third-order valence-corrected chi connectivity index (χ3v) is 3.92. The van der Waals surface area contributed by atoms with Gasteiger partial charge in [-0.05, 0) is 31.4 Å². The molecule has 2 aromatic heterocycles. The molecule has 20 heavy (non-hydrogen) atoms. The van der Waals surface area contributed by atoms with Crippen LogP contribution in [0.3, 0.4) is 0 Å². The monoisotopic (exact) mass is 299 g/mol. The molecule has 4 nitrogen and oxygen atoms in total. The molecule has 0 spiro atoms. The Kier molecular flexibility index (Phi) is 4.49. The molecule has 108 valence electrons. The van der Waals surface area contributed by atoms with Crippen LogP contribution in [0.2, 0.25) is 0 Å². The third kappa shape index (κ3) is 3.41. The summed E-state index contributed by atoms with van der Waals surface area (Å²) >= 11 is 1.55. The SMILES string of the molecule is Cc1cc(C(F)F)nn1CC(=O)NC(C)c1cccs1. The van der Waals surface area contributed by atoms with E-state index in [1.165, 1.54) is 10.7 Å². The number of halogens is 2. The molecule has 7 heteroatoms. The number of rotatable bonds is 5. The molecule has 1 atom stereocenters. The van der Waals surface area contributed by atoms with Crippen molar-refractivity contribution in [2.24, 2.45) is 0 Å². The molecule has 0 aromatic carbocycles. The lowest BCUT2D eigenvalue weighted by Crippen LogP contribution is -2.30. The number of carbonyl (C=O) groups is 1. The summed E-state index contributed by atoms with van der Waals surface area (Å²) in [7, 11) is 0. The summed E-state index contributed by atoms with van der Waals surface area (Å²) in [5.41, 5.74) is 0.237. The summed E-state index contributed by atoms with van der Waals surface area (Å²) in [6, 6.07) is 5.03. The molecule has 2 aromatic rings. The first kappa shape index (κ1) is 14.6. The van der Waals surface area contributed by atoms with E-state index >= 15 is 0 Å². The van der Waals surface area contributed by atoms with Crippen molar-refractivity contribution in [2.75, 3.05) is 0 Å². The van der Waals surface area contributed by atoms with Crippen LogP contribution in [0.25, 0.3) is 0 Å². The second-order valence-corrected chi connectivity index (χ2v) is 5.45. The molecule has 0 bridgehead atoms. The lowest BCUT2D eigenvalue weighted by atomic mass is 10.3. The zero-order valence-corrected chi connectivity index (χ0v) is 12.0. The van der Waals surface area contributed by atoms with Gasteiger partial charge in [0.05, 0.1) is 6.04 Å². The van der Waals surface area contributed by atoms with E-state index < -0.39 is 6.43 Å². The number of nitrogens with one attached hydrogen (secondary N) is 1. The Bertz CT molecular complexity index is 580. The van der Waals surface area contributed by atoms with E-state index in [-0.39, 0.29) is 24.2 Å². The van der Waals surface area contributed by atoms with Crippen LogP contribution in [0.4, 0.5) is 8.78 Å². The maximum absolute atomic E-state index is 12.5. The summed E-state index contributed by atoms with van der Waals surface area (Å²) in [4.78, 5) is 12.9. The van der Waals surface area contributed by atoms with Crippen molar-refractivity contribution in [3.05, 3.63) is 39.8 Å². The average Bonchev–Trinajstić information content (AvgIpc) is 2.99. The highest BCUT2D eigenvalue weighted by Gasteiger charge is 2.16. The van der Waals surface area contributed by atoms with Gasteiger partial charge < -0.3 is 5.32 Å². The van der Waals surface area contributed by atoms with Crippen LogP contribution < -0.4 is 5.32 Å². The number of alkyl halides is 2. The van der Waals surface area contributed by atoms with Gasteiger partial charge in [0.2, 0.25) is 5.91 Å². The van der Waals surface area contributed by atoms with Gasteiger partial charge in [0.25, 0.3) is 6.43 Å². The van der Waals surface area contributed by atoms with Crippen LogP contribution in [0.1, 0.15) is 35.7 Å². The summed E-state index contributed by atoms with van der Waals surface area (Å²) < 4.78 is 26.3. The number of amides is 1. The smallest absolute Gasteiger partial charge is 0.282 e. The molecular weight excluding hydrogens is 284 g/mol. The van der Waals surface area contributed by atoms with Gasteiger partial charge in [-0.15, -0.1) is 11.3 Å². The van der Waals surface area contributed by atoms with E-state index in [1.54, 1.807) is 18.3 Å². The van der Waals surface area contributed by atoms with Crippen LogP contribution in [0.5, 0.6) is 0 Å². The summed E-state index contributed by atoms with van der Waals surface area (Å²) in [6.07, 6.45) is -2.62. The summed E-state index contributed by atoms with van der Waals surface area (Å²) in [6.45, 7) is 3.47. The van der Waals surface area contributed by atoms with E-state index in [9.17, 15) is 13.6 Å². The molecule has 0 aliphatic rings. The quantitative estimate of drug-likeness (QED) is 0.922. The van der Waals surface area contributed by atoms with Gasteiger partial charge in [0.15, 0.2) is 0 Å². The zero-order chi connectivity index (χ0) is 14.7. The number of hydrogen-bond donors (Lipinski definition) is 1. The minimum absolute atomic E-state index is 0.0612. The van der Waals surface area contributed by atoms with Crippen LogP contribution in [0.15, 0.2) is 23.6 Å². The first-order chi connectivity index (χ1) is 9.47. The Balaban J connectivity index is 1.98. The number of nitrogens with zero attached hydrogens (tertiary/aromatic N) is 2. The van der Waals surface area contributed by atoms with Crippen LogP contribution in [-0.2, 0) is 11.3 Å². The lowest BCUT2D eigenvalue weighted by Gasteiger charge is -2.12. The Morgan fingerprint density at radius 1 is 1.55 bits per heavy atom. The second-order valence-electron chi connectivity index (χ2n) is 4.47. The fraction of sp³-hybridized carbons (Fsp3) is 0.385. The van der Waals surface area contributed by atoms with Crippen molar-refractivity contribution >= 4 is 17.2 Å². The van der Waals surface area contributed by atoms with Gasteiger partial charge in [0.1, 0.15) is 12.2 Å². The van der Waals surface area contributed by atoms with Crippen molar-refractivity contribution in [1.29, 1.82) is 0 Å². The molecule has 2 heterocycles. The molecule has 1 unspecified atom stereocenters. The van der Waals surface area contributed by atoms with Gasteiger partial charge in [-0.1, -0.05) is 6.07 Å². The van der Waals surface area contributed by atoms with E-state index in [0.717, 1.165) is 4.88 Å². The Hall–Kier alpha value is -1.76. The number of hydrogen-bond acceptors (Lipinski definition) is 3. The third-order valence-electron chi connectivity index (χ3n) is 2.86. The normalized spacial score (nSPS) is 12.7. The molecule has 0 aliphatic heterocycles. The van der Waals surface area contributed by atoms with Crippen LogP contribution in [-0.4, -0.2) is 15.7 Å². The molecule has 0 radical (unpaired) electrons. The van der Waals surface area contributed by atoms with Gasteiger partial charge in [-0.2, -0.15) is 5.10 Å². The molecule has 0 saturated carbocycles. The van der Waals surface area contributed by atoms with Crippen molar-refractivity contribution in [1.82, 2.24) is 15.1 Å². The largest absolute Gasteiger partial charge is 0.347 e. The number of carbonyl (C=O) groups excluding carboxylic acids is 1. The number of thiophene rings is 1. The van der Waals surface area contributed by atoms with Crippen molar-refractivity contribution in [2.45, 2.75) is 32.9 Å². The van der Waals surface area contributed by atoms with Gasteiger partial charge in [0, 0.05) is 10.6 Å². The van der Waals surface area contributed by atoms with Crippen LogP contribution >= 0.6 is 11.3 Å². The average molecular weight is 299 g/mol. The van der Waals surface area contributed by atoms with Gasteiger partial charge in [-0.3, -0.25) is 9.48 Å². The van der Waals surface area contributed by atoms with E-state index in [4.69, 9.17) is 0 Å². The zero-order valence-electron chi connectivity index (χ0n) is 11.1. The van der Waals surface area contributed by atoms with E-state index in [0.29, 0.717) is 5.69 Å². The molecule has 0 aliphatic carbocycles.